The summed E-state index contributed by atoms with van der Waals surface area (Å²) in [6, 6.07) is 5.41. The summed E-state index contributed by atoms with van der Waals surface area (Å²) in [5, 5.41) is 2.30. The number of carbonyl (C=O) groups is 1. The largest absolute Gasteiger partial charge is 0.326 e. The van der Waals surface area contributed by atoms with E-state index >= 15 is 0 Å². The highest BCUT2D eigenvalue weighted by Crippen LogP contribution is 2.17. The van der Waals surface area contributed by atoms with Crippen LogP contribution < -0.4 is 11.1 Å². The Morgan fingerprint density at radius 3 is 2.68 bits per heavy atom. The molecule has 1 aromatic heterocycles. The van der Waals surface area contributed by atoms with Crippen LogP contribution in [0.25, 0.3) is 0 Å². The van der Waals surface area contributed by atoms with Crippen LogP contribution in [0.1, 0.15) is 15.9 Å². The quantitative estimate of drug-likeness (QED) is 0.890. The molecule has 6 heteroatoms. The first-order chi connectivity index (χ1) is 9.11. The molecule has 0 saturated carbocycles. The first kappa shape index (κ1) is 13.1. The van der Waals surface area contributed by atoms with E-state index in [2.05, 4.69) is 10.3 Å². The third-order valence-electron chi connectivity index (χ3n) is 2.53. The highest BCUT2D eigenvalue weighted by Gasteiger charge is 2.13. The fourth-order valence-electron chi connectivity index (χ4n) is 1.54. The van der Waals surface area contributed by atoms with Crippen molar-refractivity contribution in [2.24, 2.45) is 5.73 Å². The summed E-state index contributed by atoms with van der Waals surface area (Å²) in [6.07, 6.45) is 2.20. The lowest BCUT2D eigenvalue weighted by Gasteiger charge is -2.08. The molecule has 0 radical (unpaired) electrons. The SMILES string of the molecule is NCc1ccc(NC(=O)c2ccncc2F)c(F)c1. The molecule has 0 fully saturated rings. The van der Waals surface area contributed by atoms with Crippen LogP contribution in [0.15, 0.2) is 36.7 Å². The third kappa shape index (κ3) is 2.92. The van der Waals surface area contributed by atoms with Crippen molar-refractivity contribution in [1.29, 1.82) is 0 Å². The first-order valence-corrected chi connectivity index (χ1v) is 5.51. The normalized spacial score (nSPS) is 10.3. The van der Waals surface area contributed by atoms with Crippen LogP contribution in [-0.4, -0.2) is 10.9 Å². The predicted molar refractivity (Wildman–Crippen MR) is 66.4 cm³/mol. The van der Waals surface area contributed by atoms with Crippen LogP contribution in [0, 0.1) is 11.6 Å². The number of pyridine rings is 1. The van der Waals surface area contributed by atoms with Crippen LogP contribution in [0.5, 0.6) is 0 Å². The lowest BCUT2D eigenvalue weighted by molar-refractivity contribution is 0.102. The molecule has 4 nitrogen and oxygen atoms in total. The van der Waals surface area contributed by atoms with Gasteiger partial charge in [-0.1, -0.05) is 6.07 Å². The number of hydrogen-bond donors (Lipinski definition) is 2. The Morgan fingerprint density at radius 2 is 2.05 bits per heavy atom. The number of aromatic nitrogens is 1. The summed E-state index contributed by atoms with van der Waals surface area (Å²) in [5.74, 6) is -2.12. The minimum absolute atomic E-state index is 0.0292. The average molecular weight is 263 g/mol. The smallest absolute Gasteiger partial charge is 0.258 e. The topological polar surface area (TPSA) is 68.0 Å². The minimum Gasteiger partial charge on any atom is -0.326 e. The Bertz CT molecular complexity index is 617. The second kappa shape index (κ2) is 5.53. The van der Waals surface area contributed by atoms with Gasteiger partial charge in [0.25, 0.3) is 5.91 Å². The van der Waals surface area contributed by atoms with E-state index in [9.17, 15) is 13.6 Å². The molecule has 0 saturated heterocycles. The molecule has 0 unspecified atom stereocenters. The molecular formula is C13H11F2N3O. The van der Waals surface area contributed by atoms with Crippen molar-refractivity contribution in [3.63, 3.8) is 0 Å². The van der Waals surface area contributed by atoms with Crippen LogP contribution >= 0.6 is 0 Å². The van der Waals surface area contributed by atoms with Gasteiger partial charge in [0.05, 0.1) is 17.4 Å². The average Bonchev–Trinajstić information content (AvgIpc) is 2.41. The van der Waals surface area contributed by atoms with Gasteiger partial charge in [0.1, 0.15) is 5.82 Å². The van der Waals surface area contributed by atoms with Gasteiger partial charge in [-0.15, -0.1) is 0 Å². The molecule has 2 aromatic rings. The fourth-order valence-corrected chi connectivity index (χ4v) is 1.54. The predicted octanol–water partition coefficient (Wildman–Crippen LogP) is 2.07. The number of nitrogens with zero attached hydrogens (tertiary/aromatic N) is 1. The highest BCUT2D eigenvalue weighted by molar-refractivity contribution is 6.04. The molecule has 3 N–H and O–H groups in total. The van der Waals surface area contributed by atoms with E-state index in [1.165, 1.54) is 24.4 Å². The maximum absolute atomic E-state index is 13.6. The number of carbonyl (C=O) groups excluding carboxylic acids is 1. The van der Waals surface area contributed by atoms with Crippen LogP contribution in [-0.2, 0) is 6.54 Å². The number of anilines is 1. The summed E-state index contributed by atoms with van der Waals surface area (Å²) in [7, 11) is 0. The minimum atomic E-state index is -0.765. The molecule has 1 heterocycles. The number of nitrogens with one attached hydrogen (secondary N) is 1. The standard InChI is InChI=1S/C13H11F2N3O/c14-10-5-8(6-16)1-2-12(10)18-13(19)9-3-4-17-7-11(9)15/h1-5,7H,6,16H2,(H,18,19). The summed E-state index contributed by atoms with van der Waals surface area (Å²) >= 11 is 0. The molecule has 0 spiro atoms. The lowest BCUT2D eigenvalue weighted by atomic mass is 10.2. The zero-order valence-electron chi connectivity index (χ0n) is 9.86. The monoisotopic (exact) mass is 263 g/mol. The maximum atomic E-state index is 13.6. The number of benzene rings is 1. The van der Waals surface area contributed by atoms with Gasteiger partial charge in [-0.3, -0.25) is 9.78 Å². The van der Waals surface area contributed by atoms with Crippen molar-refractivity contribution in [2.75, 3.05) is 5.32 Å². The zero-order chi connectivity index (χ0) is 13.8. The van der Waals surface area contributed by atoms with Gasteiger partial charge in [-0.2, -0.15) is 0 Å². The zero-order valence-corrected chi connectivity index (χ0v) is 9.86. The summed E-state index contributed by atoms with van der Waals surface area (Å²) in [5.41, 5.74) is 5.75. The molecule has 1 amide bonds. The summed E-state index contributed by atoms with van der Waals surface area (Å²) in [4.78, 5) is 15.3. The first-order valence-electron chi connectivity index (χ1n) is 5.51. The van der Waals surface area contributed by atoms with Crippen LogP contribution in [0.3, 0.4) is 0 Å². The molecule has 19 heavy (non-hydrogen) atoms. The van der Waals surface area contributed by atoms with Crippen molar-refractivity contribution in [1.82, 2.24) is 4.98 Å². The Balaban J connectivity index is 2.22. The lowest BCUT2D eigenvalue weighted by Crippen LogP contribution is -2.15. The molecule has 1 aromatic carbocycles. The van der Waals surface area contributed by atoms with Gasteiger partial charge in [0.2, 0.25) is 0 Å². The molecule has 0 aliphatic heterocycles. The molecule has 0 atom stereocenters. The number of halogens is 2. The van der Waals surface area contributed by atoms with Gasteiger partial charge >= 0.3 is 0 Å². The van der Waals surface area contributed by atoms with E-state index in [1.807, 2.05) is 0 Å². The van der Waals surface area contributed by atoms with E-state index in [1.54, 1.807) is 6.07 Å². The van der Waals surface area contributed by atoms with E-state index in [0.29, 0.717) is 5.56 Å². The summed E-state index contributed by atoms with van der Waals surface area (Å²) in [6.45, 7) is 0.199. The molecule has 0 aliphatic rings. The number of nitrogens with two attached hydrogens (primary N) is 1. The van der Waals surface area contributed by atoms with Crippen molar-refractivity contribution in [3.05, 3.63) is 59.4 Å². The summed E-state index contributed by atoms with van der Waals surface area (Å²) < 4.78 is 27.0. The van der Waals surface area contributed by atoms with Crippen LogP contribution in [0.4, 0.5) is 14.5 Å². The van der Waals surface area contributed by atoms with Gasteiger partial charge < -0.3 is 11.1 Å². The highest BCUT2D eigenvalue weighted by atomic mass is 19.1. The van der Waals surface area contributed by atoms with Crippen molar-refractivity contribution in [3.8, 4) is 0 Å². The van der Waals surface area contributed by atoms with E-state index in [4.69, 9.17) is 5.73 Å². The van der Waals surface area contributed by atoms with Gasteiger partial charge in [-0.05, 0) is 23.8 Å². The third-order valence-corrected chi connectivity index (χ3v) is 2.53. The van der Waals surface area contributed by atoms with E-state index in [-0.39, 0.29) is 17.8 Å². The van der Waals surface area contributed by atoms with E-state index in [0.717, 1.165) is 6.20 Å². The number of amides is 1. The Kier molecular flexibility index (Phi) is 3.82. The van der Waals surface area contributed by atoms with E-state index < -0.39 is 17.5 Å². The van der Waals surface area contributed by atoms with Crippen molar-refractivity contribution in [2.45, 2.75) is 6.54 Å². The fraction of sp³-hybridized carbons (Fsp3) is 0.0769. The Morgan fingerprint density at radius 1 is 1.26 bits per heavy atom. The van der Waals surface area contributed by atoms with Gasteiger partial charge in [0, 0.05) is 12.7 Å². The Labute approximate surface area is 108 Å². The molecular weight excluding hydrogens is 252 g/mol. The van der Waals surface area contributed by atoms with Gasteiger partial charge in [0.15, 0.2) is 5.82 Å². The van der Waals surface area contributed by atoms with Crippen LogP contribution in [0.2, 0.25) is 0 Å². The second-order valence-corrected chi connectivity index (χ2v) is 3.83. The number of hydrogen-bond acceptors (Lipinski definition) is 3. The molecule has 0 bridgehead atoms. The van der Waals surface area contributed by atoms with Gasteiger partial charge in [-0.25, -0.2) is 8.78 Å². The van der Waals surface area contributed by atoms with Crippen molar-refractivity contribution >= 4 is 11.6 Å². The van der Waals surface area contributed by atoms with Crippen molar-refractivity contribution < 1.29 is 13.6 Å². The maximum Gasteiger partial charge on any atom is 0.258 e. The molecule has 98 valence electrons. The Hall–Kier alpha value is -2.34. The molecule has 0 aliphatic carbocycles. The second-order valence-electron chi connectivity index (χ2n) is 3.83. The molecule has 2 rings (SSSR count). The number of rotatable bonds is 3.